The van der Waals surface area contributed by atoms with Gasteiger partial charge in [0.05, 0.1) is 12.0 Å². The molecule has 5 heteroatoms. The van der Waals surface area contributed by atoms with Gasteiger partial charge in [-0.1, -0.05) is 5.92 Å². The van der Waals surface area contributed by atoms with Gasteiger partial charge in [0.2, 0.25) is 0 Å². The van der Waals surface area contributed by atoms with E-state index in [2.05, 4.69) is 12.0 Å². The van der Waals surface area contributed by atoms with E-state index in [0.717, 1.165) is 0 Å². The van der Waals surface area contributed by atoms with Gasteiger partial charge in [0, 0.05) is 6.04 Å². The van der Waals surface area contributed by atoms with Crippen LogP contribution in [0.3, 0.4) is 0 Å². The summed E-state index contributed by atoms with van der Waals surface area (Å²) in [5, 5.41) is 0. The smallest absolute Gasteiger partial charge is 0.189 e. The van der Waals surface area contributed by atoms with Crippen LogP contribution in [-0.4, -0.2) is 21.3 Å². The molecule has 0 saturated carbocycles. The van der Waals surface area contributed by atoms with Crippen molar-refractivity contribution in [3.8, 4) is 17.7 Å². The van der Waals surface area contributed by atoms with E-state index in [-0.39, 0.29) is 10.6 Å². The summed E-state index contributed by atoms with van der Waals surface area (Å²) in [5.41, 5.74) is 4.91. The fourth-order valence-electron chi connectivity index (χ4n) is 1.00. The SMILES string of the molecule is COc1ccc(S(=O)(=O)CC#CN)cc1. The van der Waals surface area contributed by atoms with Crippen molar-refractivity contribution >= 4 is 9.84 Å². The van der Waals surface area contributed by atoms with Gasteiger partial charge in [-0.3, -0.25) is 0 Å². The molecular formula is C10H11NO3S. The molecule has 0 spiro atoms. The first-order chi connectivity index (χ1) is 7.10. The van der Waals surface area contributed by atoms with Crippen molar-refractivity contribution in [1.29, 1.82) is 0 Å². The van der Waals surface area contributed by atoms with Crippen LogP contribution in [0, 0.1) is 12.0 Å². The molecule has 15 heavy (non-hydrogen) atoms. The van der Waals surface area contributed by atoms with Crippen LogP contribution in [0.5, 0.6) is 5.75 Å². The first kappa shape index (κ1) is 11.4. The highest BCUT2D eigenvalue weighted by molar-refractivity contribution is 7.91. The average molecular weight is 225 g/mol. The third-order valence-corrected chi connectivity index (χ3v) is 3.30. The van der Waals surface area contributed by atoms with E-state index in [9.17, 15) is 8.42 Å². The summed E-state index contributed by atoms with van der Waals surface area (Å²) in [4.78, 5) is 0.214. The van der Waals surface area contributed by atoms with E-state index in [1.165, 1.54) is 19.2 Å². The van der Waals surface area contributed by atoms with Gasteiger partial charge in [0.25, 0.3) is 0 Å². The highest BCUT2D eigenvalue weighted by Crippen LogP contribution is 2.16. The van der Waals surface area contributed by atoms with Gasteiger partial charge in [0.15, 0.2) is 9.84 Å². The Kier molecular flexibility index (Phi) is 3.58. The molecule has 0 amide bonds. The average Bonchev–Trinajstić information content (AvgIpc) is 2.26. The van der Waals surface area contributed by atoms with Crippen LogP contribution < -0.4 is 10.5 Å². The summed E-state index contributed by atoms with van der Waals surface area (Å²) < 4.78 is 28.1. The molecule has 0 aliphatic carbocycles. The highest BCUT2D eigenvalue weighted by atomic mass is 32.2. The molecule has 2 N–H and O–H groups in total. The van der Waals surface area contributed by atoms with Crippen molar-refractivity contribution in [1.82, 2.24) is 0 Å². The maximum atomic E-state index is 11.6. The number of sulfone groups is 1. The quantitative estimate of drug-likeness (QED) is 0.596. The van der Waals surface area contributed by atoms with Crippen LogP contribution in [0.15, 0.2) is 29.2 Å². The van der Waals surface area contributed by atoms with Crippen molar-refractivity contribution in [3.63, 3.8) is 0 Å². The Balaban J connectivity index is 2.99. The van der Waals surface area contributed by atoms with Crippen molar-refractivity contribution in [3.05, 3.63) is 24.3 Å². The molecule has 1 aromatic rings. The molecule has 0 bridgehead atoms. The van der Waals surface area contributed by atoms with Gasteiger partial charge < -0.3 is 10.5 Å². The van der Waals surface area contributed by atoms with Crippen LogP contribution >= 0.6 is 0 Å². The molecule has 80 valence electrons. The molecule has 1 rings (SSSR count). The lowest BCUT2D eigenvalue weighted by molar-refractivity contribution is 0.414. The normalized spacial score (nSPS) is 10.2. The predicted molar refractivity (Wildman–Crippen MR) is 57.0 cm³/mol. The second-order valence-corrected chi connectivity index (χ2v) is 4.75. The number of rotatable bonds is 3. The molecule has 1 aromatic carbocycles. The Labute approximate surface area is 89.0 Å². The maximum Gasteiger partial charge on any atom is 0.189 e. The molecule has 0 aliphatic rings. The van der Waals surface area contributed by atoms with Gasteiger partial charge >= 0.3 is 0 Å². The zero-order valence-electron chi connectivity index (χ0n) is 8.23. The first-order valence-electron chi connectivity index (χ1n) is 4.15. The van der Waals surface area contributed by atoms with E-state index in [1.807, 2.05) is 0 Å². The number of nitrogens with two attached hydrogens (primary N) is 1. The Hall–Kier alpha value is -1.67. The number of hydrogen-bond donors (Lipinski definition) is 1. The summed E-state index contributed by atoms with van der Waals surface area (Å²) in [6, 6.07) is 8.19. The van der Waals surface area contributed by atoms with Gasteiger partial charge in [-0.25, -0.2) is 8.42 Å². The minimum absolute atomic E-state index is 0.214. The van der Waals surface area contributed by atoms with Crippen LogP contribution in [0.4, 0.5) is 0 Å². The molecule has 0 radical (unpaired) electrons. The summed E-state index contributed by atoms with van der Waals surface area (Å²) in [6.07, 6.45) is 0. The largest absolute Gasteiger partial charge is 0.497 e. The predicted octanol–water partition coefficient (Wildman–Crippen LogP) is 0.388. The molecular weight excluding hydrogens is 214 g/mol. The van der Waals surface area contributed by atoms with E-state index in [0.29, 0.717) is 5.75 Å². The summed E-state index contributed by atoms with van der Waals surface area (Å²) in [5.74, 6) is 2.67. The lowest BCUT2D eigenvalue weighted by atomic mass is 10.3. The third-order valence-electron chi connectivity index (χ3n) is 1.78. The van der Waals surface area contributed by atoms with Gasteiger partial charge in [-0.15, -0.1) is 0 Å². The number of methoxy groups -OCH3 is 1. The summed E-state index contributed by atoms with van der Waals surface area (Å²) in [6.45, 7) is 0. The van der Waals surface area contributed by atoms with Crippen LogP contribution in [-0.2, 0) is 9.84 Å². The highest BCUT2D eigenvalue weighted by Gasteiger charge is 2.12. The Morgan fingerprint density at radius 2 is 1.93 bits per heavy atom. The van der Waals surface area contributed by atoms with Crippen LogP contribution in [0.25, 0.3) is 0 Å². The Bertz CT molecular complexity index is 480. The summed E-state index contributed by atoms with van der Waals surface area (Å²) >= 11 is 0. The molecule has 0 aliphatic heterocycles. The topological polar surface area (TPSA) is 69.4 Å². The van der Waals surface area contributed by atoms with Crippen LogP contribution in [0.1, 0.15) is 0 Å². The minimum Gasteiger partial charge on any atom is -0.497 e. The van der Waals surface area contributed by atoms with E-state index >= 15 is 0 Å². The minimum atomic E-state index is -3.36. The van der Waals surface area contributed by atoms with Crippen molar-refractivity contribution in [2.45, 2.75) is 4.90 Å². The molecule has 0 atom stereocenters. The van der Waals surface area contributed by atoms with Crippen LogP contribution in [0.2, 0.25) is 0 Å². The molecule has 0 saturated heterocycles. The van der Waals surface area contributed by atoms with Crippen molar-refractivity contribution < 1.29 is 13.2 Å². The number of ether oxygens (including phenoxy) is 1. The third kappa shape index (κ3) is 2.89. The summed E-state index contributed by atoms with van der Waals surface area (Å²) in [7, 11) is -1.84. The number of benzene rings is 1. The maximum absolute atomic E-state index is 11.6. The lowest BCUT2D eigenvalue weighted by Gasteiger charge is -2.02. The Morgan fingerprint density at radius 1 is 1.33 bits per heavy atom. The second kappa shape index (κ2) is 4.71. The Morgan fingerprint density at radius 3 is 2.40 bits per heavy atom. The standard InChI is InChI=1S/C10H11NO3S/c1-14-9-3-5-10(6-4-9)15(12,13)8-2-7-11/h3-6H,8,11H2,1H3. The van der Waals surface area contributed by atoms with E-state index in [4.69, 9.17) is 10.5 Å². The van der Waals surface area contributed by atoms with Crippen molar-refractivity contribution in [2.24, 2.45) is 5.73 Å². The fraction of sp³-hybridized carbons (Fsp3) is 0.200. The molecule has 4 nitrogen and oxygen atoms in total. The number of hydrogen-bond acceptors (Lipinski definition) is 4. The van der Waals surface area contributed by atoms with Gasteiger partial charge in [-0.2, -0.15) is 0 Å². The lowest BCUT2D eigenvalue weighted by Crippen LogP contribution is -2.05. The monoisotopic (exact) mass is 225 g/mol. The zero-order valence-corrected chi connectivity index (χ0v) is 9.04. The van der Waals surface area contributed by atoms with Gasteiger partial charge in [0.1, 0.15) is 11.5 Å². The molecule has 0 fully saturated rings. The second-order valence-electron chi connectivity index (χ2n) is 2.76. The fourth-order valence-corrected chi connectivity index (χ4v) is 1.99. The zero-order chi connectivity index (χ0) is 11.3. The van der Waals surface area contributed by atoms with Crippen molar-refractivity contribution in [2.75, 3.05) is 12.9 Å². The van der Waals surface area contributed by atoms with Gasteiger partial charge in [-0.05, 0) is 24.3 Å². The molecule has 0 aromatic heterocycles. The van der Waals surface area contributed by atoms with E-state index in [1.54, 1.807) is 12.1 Å². The van der Waals surface area contributed by atoms with E-state index < -0.39 is 9.84 Å². The molecule has 0 unspecified atom stereocenters. The molecule has 0 heterocycles. The first-order valence-corrected chi connectivity index (χ1v) is 5.80.